The average Bonchev–Trinajstić information content (AvgIpc) is 3.31. The summed E-state index contributed by atoms with van der Waals surface area (Å²) in [6, 6.07) is 3.95. The Labute approximate surface area is 148 Å². The Hall–Kier alpha value is -2.49. The fourth-order valence-electron chi connectivity index (χ4n) is 3.07. The number of furan rings is 2. The first-order chi connectivity index (χ1) is 12.2. The van der Waals surface area contributed by atoms with Crippen LogP contribution in [0.2, 0.25) is 0 Å². The third kappa shape index (κ3) is 5.24. The zero-order valence-corrected chi connectivity index (χ0v) is 14.6. The number of esters is 1. The van der Waals surface area contributed by atoms with Crippen molar-refractivity contribution in [2.75, 3.05) is 0 Å². The second-order valence-electron chi connectivity index (χ2n) is 6.55. The van der Waals surface area contributed by atoms with Gasteiger partial charge in [-0.1, -0.05) is 11.6 Å². The summed E-state index contributed by atoms with van der Waals surface area (Å²) in [4.78, 5) is 12.0. The number of carbonyl (C=O) groups excluding carboxylic acids is 1. The summed E-state index contributed by atoms with van der Waals surface area (Å²) in [5.41, 5.74) is 4.42. The van der Waals surface area contributed by atoms with Gasteiger partial charge < -0.3 is 13.6 Å². The minimum Gasteiger partial charge on any atom is -0.472 e. The van der Waals surface area contributed by atoms with Gasteiger partial charge >= 0.3 is 5.97 Å². The van der Waals surface area contributed by atoms with E-state index < -0.39 is 0 Å². The summed E-state index contributed by atoms with van der Waals surface area (Å²) in [5.74, 6) is -0.181. The highest BCUT2D eigenvalue weighted by atomic mass is 16.5. The zero-order valence-electron chi connectivity index (χ0n) is 14.6. The first-order valence-electron chi connectivity index (χ1n) is 8.80. The molecular formula is C21H24O4. The number of hydrogen-bond acceptors (Lipinski definition) is 4. The lowest BCUT2D eigenvalue weighted by Gasteiger charge is -2.05. The molecule has 2 aromatic rings. The number of rotatable bonds is 8. The molecule has 1 aliphatic heterocycles. The predicted octanol–water partition coefficient (Wildman–Crippen LogP) is 5.02. The van der Waals surface area contributed by atoms with Crippen molar-refractivity contribution in [2.45, 2.75) is 51.6 Å². The highest BCUT2D eigenvalue weighted by Crippen LogP contribution is 2.24. The molecule has 0 aliphatic carbocycles. The minimum atomic E-state index is -0.181. The number of allylic oxidation sites excluding steroid dienone is 2. The lowest BCUT2D eigenvalue weighted by Crippen LogP contribution is -2.03. The Kier molecular flexibility index (Phi) is 5.94. The molecule has 1 unspecified atom stereocenters. The Morgan fingerprint density at radius 2 is 1.88 bits per heavy atom. The molecule has 1 saturated heterocycles. The van der Waals surface area contributed by atoms with Crippen LogP contribution in [0, 0.1) is 0 Å². The second kappa shape index (κ2) is 8.56. The van der Waals surface area contributed by atoms with Crippen LogP contribution in [0.25, 0.3) is 0 Å². The quantitative estimate of drug-likeness (QED) is 0.385. The zero-order chi connectivity index (χ0) is 17.5. The molecule has 0 spiro atoms. The summed E-state index contributed by atoms with van der Waals surface area (Å²) >= 11 is 0. The van der Waals surface area contributed by atoms with Crippen molar-refractivity contribution in [1.29, 1.82) is 0 Å². The predicted molar refractivity (Wildman–Crippen MR) is 95.0 cm³/mol. The molecule has 0 bridgehead atoms. The molecule has 1 fully saturated rings. The third-order valence-electron chi connectivity index (χ3n) is 4.43. The van der Waals surface area contributed by atoms with Crippen molar-refractivity contribution in [3.63, 3.8) is 0 Å². The second-order valence-corrected chi connectivity index (χ2v) is 6.55. The number of carbonyl (C=O) groups is 1. The molecule has 0 radical (unpaired) electrons. The number of cyclic esters (lactones) is 1. The van der Waals surface area contributed by atoms with Gasteiger partial charge in [-0.25, -0.2) is 4.79 Å². The van der Waals surface area contributed by atoms with E-state index in [2.05, 4.69) is 13.0 Å². The number of hydrogen-bond donors (Lipinski definition) is 0. The monoisotopic (exact) mass is 340 g/mol. The van der Waals surface area contributed by atoms with E-state index in [-0.39, 0.29) is 12.1 Å². The molecule has 4 nitrogen and oxygen atoms in total. The van der Waals surface area contributed by atoms with Crippen molar-refractivity contribution < 1.29 is 18.4 Å². The van der Waals surface area contributed by atoms with Gasteiger partial charge in [0.05, 0.1) is 25.1 Å². The smallest absolute Gasteiger partial charge is 0.334 e. The summed E-state index contributed by atoms with van der Waals surface area (Å²) in [5, 5.41) is 0. The van der Waals surface area contributed by atoms with Crippen LogP contribution in [0.4, 0.5) is 0 Å². The van der Waals surface area contributed by atoms with E-state index in [1.54, 1.807) is 25.1 Å². The van der Waals surface area contributed by atoms with Crippen molar-refractivity contribution >= 4 is 5.97 Å². The van der Waals surface area contributed by atoms with Gasteiger partial charge in [0.1, 0.15) is 6.10 Å². The first kappa shape index (κ1) is 17.3. The molecule has 2 aromatic heterocycles. The normalized spacial score (nSPS) is 19.6. The van der Waals surface area contributed by atoms with Gasteiger partial charge in [0, 0.05) is 12.0 Å². The van der Waals surface area contributed by atoms with Gasteiger partial charge in [-0.2, -0.15) is 0 Å². The van der Waals surface area contributed by atoms with Gasteiger partial charge in [0.2, 0.25) is 0 Å². The maximum absolute atomic E-state index is 12.0. The van der Waals surface area contributed by atoms with Crippen molar-refractivity contribution in [3.05, 3.63) is 71.6 Å². The summed E-state index contributed by atoms with van der Waals surface area (Å²) in [6.45, 7) is 2.10. The van der Waals surface area contributed by atoms with Crippen LogP contribution in [0.15, 0.2) is 69.3 Å². The standard InChI is InChI=1S/C21H24O4/c1-16(4-2-5-17-8-10-23-14-17)12-20-13-19(21(22)25-20)7-3-6-18-9-11-24-15-18/h7-12,14-15,20H,2-6,13H2,1H3/b16-12?,19-7-. The molecule has 0 aromatic carbocycles. The van der Waals surface area contributed by atoms with E-state index in [4.69, 9.17) is 13.6 Å². The highest BCUT2D eigenvalue weighted by molar-refractivity contribution is 5.90. The van der Waals surface area contributed by atoms with Crippen LogP contribution >= 0.6 is 0 Å². The van der Waals surface area contributed by atoms with E-state index >= 15 is 0 Å². The highest BCUT2D eigenvalue weighted by Gasteiger charge is 2.26. The van der Waals surface area contributed by atoms with Crippen molar-refractivity contribution in [3.8, 4) is 0 Å². The van der Waals surface area contributed by atoms with E-state index in [0.29, 0.717) is 6.42 Å². The van der Waals surface area contributed by atoms with Gasteiger partial charge in [-0.15, -0.1) is 0 Å². The Bertz CT molecular complexity index is 720. The number of ether oxygens (including phenoxy) is 1. The molecule has 3 heterocycles. The van der Waals surface area contributed by atoms with Gasteiger partial charge in [-0.3, -0.25) is 0 Å². The number of aryl methyl sites for hydroxylation is 2. The van der Waals surface area contributed by atoms with Crippen LogP contribution in [0.3, 0.4) is 0 Å². The van der Waals surface area contributed by atoms with Gasteiger partial charge in [0.15, 0.2) is 0 Å². The minimum absolute atomic E-state index is 0.124. The summed E-state index contributed by atoms with van der Waals surface area (Å²) in [6.07, 6.45) is 16.3. The maximum Gasteiger partial charge on any atom is 0.334 e. The molecule has 1 atom stereocenters. The Morgan fingerprint density at radius 3 is 2.56 bits per heavy atom. The van der Waals surface area contributed by atoms with Crippen LogP contribution in [-0.4, -0.2) is 12.1 Å². The van der Waals surface area contributed by atoms with Crippen LogP contribution < -0.4 is 0 Å². The van der Waals surface area contributed by atoms with Crippen molar-refractivity contribution in [1.82, 2.24) is 0 Å². The lowest BCUT2D eigenvalue weighted by atomic mass is 10.0. The molecule has 4 heteroatoms. The molecule has 0 N–H and O–H groups in total. The van der Waals surface area contributed by atoms with E-state index in [9.17, 15) is 4.79 Å². The van der Waals surface area contributed by atoms with Crippen molar-refractivity contribution in [2.24, 2.45) is 0 Å². The lowest BCUT2D eigenvalue weighted by molar-refractivity contribution is -0.137. The average molecular weight is 340 g/mol. The molecule has 0 amide bonds. The molecule has 25 heavy (non-hydrogen) atoms. The molecular weight excluding hydrogens is 316 g/mol. The maximum atomic E-state index is 12.0. The Morgan fingerprint density at radius 1 is 1.16 bits per heavy atom. The van der Waals surface area contributed by atoms with Gasteiger partial charge in [0.25, 0.3) is 0 Å². The van der Waals surface area contributed by atoms with Crippen LogP contribution in [-0.2, 0) is 22.4 Å². The first-order valence-corrected chi connectivity index (χ1v) is 8.80. The SMILES string of the molecule is CC(=CC1C/C(=C/CCc2ccoc2)C(=O)O1)CCCc1ccoc1. The topological polar surface area (TPSA) is 52.6 Å². The van der Waals surface area contributed by atoms with Crippen LogP contribution in [0.5, 0.6) is 0 Å². The molecule has 3 rings (SSSR count). The largest absolute Gasteiger partial charge is 0.472 e. The van der Waals surface area contributed by atoms with Crippen LogP contribution in [0.1, 0.15) is 43.7 Å². The summed E-state index contributed by atoms with van der Waals surface area (Å²) in [7, 11) is 0. The fraction of sp³-hybridized carbons (Fsp3) is 0.381. The Balaban J connectivity index is 1.44. The third-order valence-corrected chi connectivity index (χ3v) is 4.43. The van der Waals surface area contributed by atoms with Gasteiger partial charge in [-0.05, 0) is 68.4 Å². The molecule has 1 aliphatic rings. The summed E-state index contributed by atoms with van der Waals surface area (Å²) < 4.78 is 15.6. The van der Waals surface area contributed by atoms with E-state index in [0.717, 1.165) is 43.2 Å². The fourth-order valence-corrected chi connectivity index (χ4v) is 3.07. The molecule has 0 saturated carbocycles. The van der Waals surface area contributed by atoms with E-state index in [1.807, 2.05) is 18.2 Å². The molecule has 132 valence electrons. The van der Waals surface area contributed by atoms with E-state index in [1.165, 1.54) is 11.1 Å².